The average molecular weight is 429 g/mol. The third-order valence-electron chi connectivity index (χ3n) is 5.69. The Morgan fingerprint density at radius 2 is 1.19 bits per heavy atom. The zero-order chi connectivity index (χ0) is 23.0. The lowest BCUT2D eigenvalue weighted by molar-refractivity contribution is -0.128. The third kappa shape index (κ3) is 5.30. The molecule has 0 aromatic heterocycles. The fraction of sp³-hybridized carbons (Fsp3) is 0.222. The van der Waals surface area contributed by atoms with Crippen LogP contribution in [0.2, 0.25) is 0 Å². The number of ketones is 1. The molecular weight excluding hydrogens is 400 g/mol. The summed E-state index contributed by atoms with van der Waals surface area (Å²) in [4.78, 5) is 36.6. The number of benzene rings is 3. The molecule has 0 aliphatic rings. The molecule has 0 aliphatic carbocycles. The van der Waals surface area contributed by atoms with E-state index < -0.39 is 17.4 Å². The quantitative estimate of drug-likeness (QED) is 0.482. The molecular formula is C27H28N2O3. The Morgan fingerprint density at radius 1 is 0.781 bits per heavy atom. The lowest BCUT2D eigenvalue weighted by atomic mass is 9.67. The van der Waals surface area contributed by atoms with Crippen molar-refractivity contribution in [2.45, 2.75) is 37.6 Å². The van der Waals surface area contributed by atoms with Crippen LogP contribution in [0.3, 0.4) is 0 Å². The van der Waals surface area contributed by atoms with Crippen LogP contribution in [0.5, 0.6) is 0 Å². The van der Waals surface area contributed by atoms with Gasteiger partial charge in [0.2, 0.25) is 11.8 Å². The largest absolute Gasteiger partial charge is 0.368 e. The predicted octanol–water partition coefficient (Wildman–Crippen LogP) is 3.75. The van der Waals surface area contributed by atoms with E-state index in [1.807, 2.05) is 91.0 Å². The van der Waals surface area contributed by atoms with E-state index in [2.05, 4.69) is 5.32 Å². The predicted molar refractivity (Wildman–Crippen MR) is 125 cm³/mol. The molecule has 0 heterocycles. The van der Waals surface area contributed by atoms with Crippen molar-refractivity contribution >= 4 is 17.6 Å². The minimum absolute atomic E-state index is 0.0577. The van der Waals surface area contributed by atoms with Crippen molar-refractivity contribution in [1.82, 2.24) is 5.32 Å². The van der Waals surface area contributed by atoms with Gasteiger partial charge in [0, 0.05) is 12.8 Å². The van der Waals surface area contributed by atoms with Crippen LogP contribution in [0.25, 0.3) is 0 Å². The molecule has 0 bridgehead atoms. The number of primary amides is 1. The standard InChI is InChI=1S/C27H28N2O3/c1-20(30)17-18-24(26(28)32)29-25(31)19-27(21-11-5-2-6-12-21,22-13-7-3-8-14-22)23-15-9-4-10-16-23/h2-16,24H,17-19H2,1H3,(H2,28,32)(H,29,31)/t24-/m1/s1. The van der Waals surface area contributed by atoms with Gasteiger partial charge in [0.25, 0.3) is 0 Å². The number of hydrogen-bond acceptors (Lipinski definition) is 3. The fourth-order valence-electron chi connectivity index (χ4n) is 4.09. The molecule has 0 fully saturated rings. The molecule has 0 saturated heterocycles. The van der Waals surface area contributed by atoms with Gasteiger partial charge >= 0.3 is 0 Å². The summed E-state index contributed by atoms with van der Waals surface area (Å²) in [6.45, 7) is 1.45. The third-order valence-corrected chi connectivity index (χ3v) is 5.69. The van der Waals surface area contributed by atoms with E-state index >= 15 is 0 Å². The summed E-state index contributed by atoms with van der Waals surface area (Å²) >= 11 is 0. The molecule has 5 heteroatoms. The molecule has 0 unspecified atom stereocenters. The fourth-order valence-corrected chi connectivity index (χ4v) is 4.09. The Bertz CT molecular complexity index is 953. The second-order valence-electron chi connectivity index (χ2n) is 7.94. The number of rotatable bonds is 10. The minimum Gasteiger partial charge on any atom is -0.368 e. The van der Waals surface area contributed by atoms with Crippen molar-refractivity contribution in [1.29, 1.82) is 0 Å². The molecule has 5 nitrogen and oxygen atoms in total. The molecule has 1 atom stereocenters. The number of carbonyl (C=O) groups is 3. The normalized spacial score (nSPS) is 12.0. The highest BCUT2D eigenvalue weighted by Crippen LogP contribution is 2.42. The molecule has 0 aliphatic heterocycles. The number of Topliss-reactive ketones (excluding diaryl/α,β-unsaturated/α-hetero) is 1. The maximum atomic E-state index is 13.3. The molecule has 164 valence electrons. The highest BCUT2D eigenvalue weighted by Gasteiger charge is 2.39. The van der Waals surface area contributed by atoms with Crippen LogP contribution in [0.1, 0.15) is 42.9 Å². The topological polar surface area (TPSA) is 89.3 Å². The van der Waals surface area contributed by atoms with Gasteiger partial charge in [-0.2, -0.15) is 0 Å². The summed E-state index contributed by atoms with van der Waals surface area (Å²) < 4.78 is 0. The molecule has 0 saturated carbocycles. The Balaban J connectivity index is 2.06. The van der Waals surface area contributed by atoms with Crippen molar-refractivity contribution < 1.29 is 14.4 Å². The first kappa shape index (κ1) is 22.9. The van der Waals surface area contributed by atoms with Crippen LogP contribution in [0.15, 0.2) is 91.0 Å². The van der Waals surface area contributed by atoms with E-state index in [-0.39, 0.29) is 31.0 Å². The zero-order valence-electron chi connectivity index (χ0n) is 18.2. The van der Waals surface area contributed by atoms with Gasteiger partial charge in [-0.15, -0.1) is 0 Å². The highest BCUT2D eigenvalue weighted by molar-refractivity contribution is 5.88. The Labute approximate surface area is 188 Å². The first-order valence-corrected chi connectivity index (χ1v) is 10.7. The van der Waals surface area contributed by atoms with Gasteiger partial charge < -0.3 is 15.8 Å². The van der Waals surface area contributed by atoms with Crippen molar-refractivity contribution in [3.8, 4) is 0 Å². The number of nitrogens with two attached hydrogens (primary N) is 1. The molecule has 3 aromatic carbocycles. The van der Waals surface area contributed by atoms with Crippen molar-refractivity contribution in [3.63, 3.8) is 0 Å². The molecule has 2 amide bonds. The second-order valence-corrected chi connectivity index (χ2v) is 7.94. The Morgan fingerprint density at radius 3 is 1.53 bits per heavy atom. The average Bonchev–Trinajstić information content (AvgIpc) is 2.81. The van der Waals surface area contributed by atoms with E-state index in [1.165, 1.54) is 6.92 Å². The number of nitrogens with one attached hydrogen (secondary N) is 1. The van der Waals surface area contributed by atoms with Gasteiger partial charge in [-0.3, -0.25) is 9.59 Å². The zero-order valence-corrected chi connectivity index (χ0v) is 18.2. The first-order chi connectivity index (χ1) is 15.4. The van der Waals surface area contributed by atoms with Crippen molar-refractivity contribution in [2.24, 2.45) is 5.73 Å². The maximum Gasteiger partial charge on any atom is 0.240 e. The van der Waals surface area contributed by atoms with Crippen LogP contribution in [0.4, 0.5) is 0 Å². The van der Waals surface area contributed by atoms with Crippen LogP contribution in [-0.4, -0.2) is 23.6 Å². The monoisotopic (exact) mass is 428 g/mol. The summed E-state index contributed by atoms with van der Waals surface area (Å²) in [5, 5.41) is 2.77. The highest BCUT2D eigenvalue weighted by atomic mass is 16.2. The van der Waals surface area contributed by atoms with E-state index in [9.17, 15) is 14.4 Å². The van der Waals surface area contributed by atoms with Crippen LogP contribution in [0, 0.1) is 0 Å². The summed E-state index contributed by atoms with van der Waals surface area (Å²) in [5.74, 6) is -1.02. The molecule has 0 spiro atoms. The van der Waals surface area contributed by atoms with Crippen LogP contribution < -0.4 is 11.1 Å². The van der Waals surface area contributed by atoms with E-state index in [0.717, 1.165) is 16.7 Å². The van der Waals surface area contributed by atoms with Gasteiger partial charge in [-0.1, -0.05) is 91.0 Å². The SMILES string of the molecule is CC(=O)CC[C@@H](NC(=O)CC(c1ccccc1)(c1ccccc1)c1ccccc1)C(N)=O. The lowest BCUT2D eigenvalue weighted by Crippen LogP contribution is -2.47. The Kier molecular flexibility index (Phi) is 7.55. The molecule has 0 radical (unpaired) electrons. The smallest absolute Gasteiger partial charge is 0.240 e. The number of hydrogen-bond donors (Lipinski definition) is 2. The van der Waals surface area contributed by atoms with E-state index in [1.54, 1.807) is 0 Å². The van der Waals surface area contributed by atoms with Gasteiger partial charge in [0.05, 0.1) is 5.41 Å². The van der Waals surface area contributed by atoms with E-state index in [4.69, 9.17) is 5.73 Å². The van der Waals surface area contributed by atoms with E-state index in [0.29, 0.717) is 0 Å². The minimum atomic E-state index is -0.897. The van der Waals surface area contributed by atoms with Gasteiger partial charge in [0.15, 0.2) is 0 Å². The molecule has 3 aromatic rings. The second kappa shape index (κ2) is 10.5. The molecule has 3 rings (SSSR count). The van der Waals surface area contributed by atoms with Crippen LogP contribution in [-0.2, 0) is 19.8 Å². The first-order valence-electron chi connectivity index (χ1n) is 10.7. The van der Waals surface area contributed by atoms with Gasteiger partial charge in [0.1, 0.15) is 11.8 Å². The Hall–Kier alpha value is -3.73. The molecule has 3 N–H and O–H groups in total. The van der Waals surface area contributed by atoms with Gasteiger partial charge in [-0.25, -0.2) is 0 Å². The van der Waals surface area contributed by atoms with Gasteiger partial charge in [-0.05, 0) is 30.0 Å². The summed E-state index contributed by atoms with van der Waals surface area (Å²) in [7, 11) is 0. The summed E-state index contributed by atoms with van der Waals surface area (Å²) in [5.41, 5.74) is 7.63. The summed E-state index contributed by atoms with van der Waals surface area (Å²) in [6, 6.07) is 28.7. The van der Waals surface area contributed by atoms with Crippen molar-refractivity contribution in [3.05, 3.63) is 108 Å². The number of amides is 2. The number of carbonyl (C=O) groups excluding carboxylic acids is 3. The van der Waals surface area contributed by atoms with Crippen molar-refractivity contribution in [2.75, 3.05) is 0 Å². The van der Waals surface area contributed by atoms with Crippen LogP contribution >= 0.6 is 0 Å². The summed E-state index contributed by atoms with van der Waals surface area (Å²) in [6.07, 6.45) is 0.440. The lowest BCUT2D eigenvalue weighted by Gasteiger charge is -2.36. The maximum absolute atomic E-state index is 13.3. The molecule has 32 heavy (non-hydrogen) atoms.